The molecule has 0 unspecified atom stereocenters. The summed E-state index contributed by atoms with van der Waals surface area (Å²) >= 11 is 0. The van der Waals surface area contributed by atoms with E-state index in [0.717, 1.165) is 31.4 Å². The molecule has 1 aromatic rings. The second kappa shape index (κ2) is 4.09. The van der Waals surface area contributed by atoms with Gasteiger partial charge in [0.2, 0.25) is 5.89 Å². The van der Waals surface area contributed by atoms with E-state index in [9.17, 15) is 0 Å². The van der Waals surface area contributed by atoms with Crippen LogP contribution in [0.15, 0.2) is 4.52 Å². The van der Waals surface area contributed by atoms with Crippen molar-refractivity contribution in [3.05, 3.63) is 11.7 Å². The van der Waals surface area contributed by atoms with Crippen LogP contribution in [-0.4, -0.2) is 28.1 Å². The largest absolute Gasteiger partial charge is 0.340 e. The van der Waals surface area contributed by atoms with Crippen LogP contribution in [0, 0.1) is 12.8 Å². The Bertz CT molecular complexity index is 297. The zero-order valence-corrected chi connectivity index (χ0v) is 8.86. The number of piperidine rings is 1. The minimum absolute atomic E-state index is 0.657. The third-order valence-electron chi connectivity index (χ3n) is 2.68. The third-order valence-corrected chi connectivity index (χ3v) is 2.68. The monoisotopic (exact) mass is 195 g/mol. The average molecular weight is 195 g/mol. The van der Waals surface area contributed by atoms with Gasteiger partial charge in [0.15, 0.2) is 5.82 Å². The van der Waals surface area contributed by atoms with E-state index in [2.05, 4.69) is 22.0 Å². The normalized spacial score (nSPS) is 24.0. The maximum atomic E-state index is 4.95. The highest BCUT2D eigenvalue weighted by Gasteiger charge is 2.17. The van der Waals surface area contributed by atoms with Gasteiger partial charge in [-0.05, 0) is 25.3 Å². The van der Waals surface area contributed by atoms with E-state index in [-0.39, 0.29) is 0 Å². The Morgan fingerprint density at radius 2 is 2.43 bits per heavy atom. The molecule has 0 aromatic carbocycles. The van der Waals surface area contributed by atoms with E-state index in [4.69, 9.17) is 4.52 Å². The van der Waals surface area contributed by atoms with Gasteiger partial charge in [-0.25, -0.2) is 0 Å². The summed E-state index contributed by atoms with van der Waals surface area (Å²) in [4.78, 5) is 6.61. The van der Waals surface area contributed by atoms with E-state index in [1.54, 1.807) is 0 Å². The van der Waals surface area contributed by atoms with Crippen molar-refractivity contribution in [2.45, 2.75) is 33.2 Å². The smallest absolute Gasteiger partial charge is 0.223 e. The molecule has 1 fully saturated rings. The van der Waals surface area contributed by atoms with Gasteiger partial charge in [-0.1, -0.05) is 12.1 Å². The zero-order valence-electron chi connectivity index (χ0n) is 8.86. The number of hydrogen-bond acceptors (Lipinski definition) is 4. The van der Waals surface area contributed by atoms with E-state index in [1.165, 1.54) is 12.8 Å². The predicted octanol–water partition coefficient (Wildman–Crippen LogP) is 1.61. The second-order valence-electron chi connectivity index (χ2n) is 4.21. The first kappa shape index (κ1) is 9.65. The first-order chi connectivity index (χ1) is 6.74. The highest BCUT2D eigenvalue weighted by atomic mass is 16.5. The minimum atomic E-state index is 0.657. The molecule has 14 heavy (non-hydrogen) atoms. The number of rotatable bonds is 2. The molecule has 1 aromatic heterocycles. The zero-order chi connectivity index (χ0) is 9.97. The van der Waals surface area contributed by atoms with Gasteiger partial charge in [0.1, 0.15) is 0 Å². The lowest BCUT2D eigenvalue weighted by atomic mass is 10.0. The van der Waals surface area contributed by atoms with Gasteiger partial charge < -0.3 is 4.52 Å². The Balaban J connectivity index is 1.90. The first-order valence-corrected chi connectivity index (χ1v) is 5.25. The molecule has 1 aliphatic rings. The van der Waals surface area contributed by atoms with Crippen molar-refractivity contribution in [1.82, 2.24) is 15.0 Å². The molecule has 0 aliphatic carbocycles. The lowest BCUT2D eigenvalue weighted by Gasteiger charge is -2.29. The molecule has 2 heterocycles. The number of aryl methyl sites for hydroxylation is 1. The molecule has 0 N–H and O–H groups in total. The summed E-state index contributed by atoms with van der Waals surface area (Å²) in [5.74, 6) is 2.28. The molecular formula is C10H17N3O. The fourth-order valence-corrected chi connectivity index (χ4v) is 2.04. The van der Waals surface area contributed by atoms with Crippen molar-refractivity contribution in [3.8, 4) is 0 Å². The summed E-state index contributed by atoms with van der Waals surface area (Å²) < 4.78 is 4.95. The molecule has 4 nitrogen and oxygen atoms in total. The number of hydrogen-bond donors (Lipinski definition) is 0. The second-order valence-corrected chi connectivity index (χ2v) is 4.21. The Labute approximate surface area is 84.3 Å². The van der Waals surface area contributed by atoms with Crippen LogP contribution in [0.1, 0.15) is 31.5 Å². The maximum absolute atomic E-state index is 4.95. The van der Waals surface area contributed by atoms with Crippen LogP contribution in [0.3, 0.4) is 0 Å². The lowest BCUT2D eigenvalue weighted by Crippen LogP contribution is -2.34. The molecule has 0 amide bonds. The highest BCUT2D eigenvalue weighted by Crippen LogP contribution is 2.16. The van der Waals surface area contributed by atoms with Gasteiger partial charge in [-0.3, -0.25) is 4.90 Å². The van der Waals surface area contributed by atoms with Gasteiger partial charge in [0.05, 0.1) is 6.54 Å². The topological polar surface area (TPSA) is 42.2 Å². The third kappa shape index (κ3) is 2.32. The molecule has 1 aliphatic heterocycles. The SMILES string of the molecule is Cc1nc(CN2CCC[C@@H](C)C2)no1. The van der Waals surface area contributed by atoms with Crippen LogP contribution < -0.4 is 0 Å². The van der Waals surface area contributed by atoms with Crippen LogP contribution >= 0.6 is 0 Å². The molecule has 0 saturated carbocycles. The van der Waals surface area contributed by atoms with Crippen LogP contribution in [0.4, 0.5) is 0 Å². The van der Waals surface area contributed by atoms with Gasteiger partial charge in [0, 0.05) is 13.5 Å². The summed E-state index contributed by atoms with van der Waals surface area (Å²) in [6.45, 7) is 7.29. The average Bonchev–Trinajstić information content (AvgIpc) is 2.51. The summed E-state index contributed by atoms with van der Waals surface area (Å²) in [7, 11) is 0. The number of nitrogens with zero attached hydrogens (tertiary/aromatic N) is 3. The molecule has 1 atom stereocenters. The Morgan fingerprint density at radius 3 is 3.07 bits per heavy atom. The van der Waals surface area contributed by atoms with Crippen molar-refractivity contribution >= 4 is 0 Å². The van der Waals surface area contributed by atoms with Crippen molar-refractivity contribution in [2.75, 3.05) is 13.1 Å². The summed E-state index contributed by atoms with van der Waals surface area (Å²) in [6.07, 6.45) is 2.64. The standard InChI is InChI=1S/C10H17N3O/c1-8-4-3-5-13(6-8)7-10-11-9(2)14-12-10/h8H,3-7H2,1-2H3/t8-/m1/s1. The fourth-order valence-electron chi connectivity index (χ4n) is 2.04. The van der Waals surface area contributed by atoms with Crippen molar-refractivity contribution in [2.24, 2.45) is 5.92 Å². The molecule has 4 heteroatoms. The van der Waals surface area contributed by atoms with Crippen molar-refractivity contribution in [1.29, 1.82) is 0 Å². The van der Waals surface area contributed by atoms with Crippen LogP contribution in [0.5, 0.6) is 0 Å². The van der Waals surface area contributed by atoms with Gasteiger partial charge in [0.25, 0.3) is 0 Å². The summed E-state index contributed by atoms with van der Waals surface area (Å²) in [5, 5.41) is 3.91. The first-order valence-electron chi connectivity index (χ1n) is 5.25. The van der Waals surface area contributed by atoms with E-state index < -0.39 is 0 Å². The molecule has 0 spiro atoms. The van der Waals surface area contributed by atoms with Crippen molar-refractivity contribution < 1.29 is 4.52 Å². The minimum Gasteiger partial charge on any atom is -0.340 e. The molecule has 0 radical (unpaired) electrons. The number of likely N-dealkylation sites (tertiary alicyclic amines) is 1. The van der Waals surface area contributed by atoms with E-state index in [1.807, 2.05) is 6.92 Å². The quantitative estimate of drug-likeness (QED) is 0.719. The van der Waals surface area contributed by atoms with Crippen LogP contribution in [-0.2, 0) is 6.54 Å². The Morgan fingerprint density at radius 1 is 1.57 bits per heavy atom. The summed E-state index contributed by atoms with van der Waals surface area (Å²) in [6, 6.07) is 0. The van der Waals surface area contributed by atoms with E-state index in [0.29, 0.717) is 5.89 Å². The fraction of sp³-hybridized carbons (Fsp3) is 0.800. The Hall–Kier alpha value is -0.900. The Kier molecular flexibility index (Phi) is 2.82. The molecule has 2 rings (SSSR count). The molecule has 78 valence electrons. The predicted molar refractivity (Wildman–Crippen MR) is 52.7 cm³/mol. The molecular weight excluding hydrogens is 178 g/mol. The summed E-state index contributed by atoms with van der Waals surface area (Å²) in [5.41, 5.74) is 0. The van der Waals surface area contributed by atoms with Gasteiger partial charge >= 0.3 is 0 Å². The highest BCUT2D eigenvalue weighted by molar-refractivity contribution is 4.85. The van der Waals surface area contributed by atoms with Gasteiger partial charge in [-0.2, -0.15) is 4.98 Å². The van der Waals surface area contributed by atoms with Gasteiger partial charge in [-0.15, -0.1) is 0 Å². The molecule has 0 bridgehead atoms. The van der Waals surface area contributed by atoms with Crippen molar-refractivity contribution in [3.63, 3.8) is 0 Å². The maximum Gasteiger partial charge on any atom is 0.223 e. The van der Waals surface area contributed by atoms with Crippen LogP contribution in [0.25, 0.3) is 0 Å². The van der Waals surface area contributed by atoms with E-state index >= 15 is 0 Å². The lowest BCUT2D eigenvalue weighted by molar-refractivity contribution is 0.171. The number of aromatic nitrogens is 2. The molecule has 1 saturated heterocycles. The van der Waals surface area contributed by atoms with Crippen LogP contribution in [0.2, 0.25) is 0 Å².